The third kappa shape index (κ3) is 1.76. The molecule has 1 aliphatic rings. The van der Waals surface area contributed by atoms with Crippen LogP contribution in [0.4, 0.5) is 13.2 Å². The number of alkyl halides is 3. The summed E-state index contributed by atoms with van der Waals surface area (Å²) in [6.07, 6.45) is 1.12. The summed E-state index contributed by atoms with van der Waals surface area (Å²) >= 11 is 0. The smallest absolute Gasteiger partial charge is 0.338 e. The van der Waals surface area contributed by atoms with Crippen LogP contribution < -0.4 is 0 Å². The summed E-state index contributed by atoms with van der Waals surface area (Å²) in [5.41, 5.74) is 0.634. The molecule has 0 bridgehead atoms. The molecule has 14 heavy (non-hydrogen) atoms. The van der Waals surface area contributed by atoms with E-state index in [1.54, 1.807) is 0 Å². The molecule has 0 saturated heterocycles. The summed E-state index contributed by atoms with van der Waals surface area (Å²) in [5, 5.41) is 0. The summed E-state index contributed by atoms with van der Waals surface area (Å²) < 4.78 is 36.6. The maximum Gasteiger partial charge on any atom is 0.449 e. The summed E-state index contributed by atoms with van der Waals surface area (Å²) in [6.45, 7) is 0. The summed E-state index contributed by atoms with van der Waals surface area (Å²) in [7, 11) is 0. The van der Waals surface area contributed by atoms with Gasteiger partial charge in [-0.2, -0.15) is 13.2 Å². The van der Waals surface area contributed by atoms with Gasteiger partial charge in [0.15, 0.2) is 0 Å². The molecular formula is C9H11F3N2. The monoisotopic (exact) mass is 204 g/mol. The number of H-pyrrole nitrogens is 1. The Kier molecular flexibility index (Phi) is 2.25. The van der Waals surface area contributed by atoms with Gasteiger partial charge >= 0.3 is 6.18 Å². The number of aromatic amines is 1. The van der Waals surface area contributed by atoms with Gasteiger partial charge in [-0.25, -0.2) is 4.98 Å². The molecule has 78 valence electrons. The second-order valence-electron chi connectivity index (χ2n) is 3.67. The van der Waals surface area contributed by atoms with Crippen molar-refractivity contribution in [2.75, 3.05) is 0 Å². The van der Waals surface area contributed by atoms with Gasteiger partial charge in [-0.05, 0) is 12.8 Å². The van der Waals surface area contributed by atoms with Gasteiger partial charge in [0, 0.05) is 17.8 Å². The van der Waals surface area contributed by atoms with E-state index >= 15 is 0 Å². The first kappa shape index (κ1) is 9.55. The zero-order valence-corrected chi connectivity index (χ0v) is 7.56. The molecule has 1 heterocycles. The molecule has 0 aliphatic heterocycles. The highest BCUT2D eigenvalue weighted by atomic mass is 19.4. The molecule has 5 heteroatoms. The normalized spacial score (nSPS) is 19.1. The number of halogens is 3. The SMILES string of the molecule is FC(F)(F)c1ncc(C2CCCC2)[nH]1. The number of imidazole rings is 1. The van der Waals surface area contributed by atoms with E-state index < -0.39 is 12.0 Å². The van der Waals surface area contributed by atoms with E-state index in [0.29, 0.717) is 5.69 Å². The average molecular weight is 204 g/mol. The van der Waals surface area contributed by atoms with Crippen molar-refractivity contribution in [1.82, 2.24) is 9.97 Å². The minimum atomic E-state index is -4.35. The average Bonchev–Trinajstić information content (AvgIpc) is 2.73. The van der Waals surface area contributed by atoms with Crippen LogP contribution in [0.3, 0.4) is 0 Å². The van der Waals surface area contributed by atoms with E-state index in [-0.39, 0.29) is 5.92 Å². The van der Waals surface area contributed by atoms with Crippen molar-refractivity contribution in [3.05, 3.63) is 17.7 Å². The first-order chi connectivity index (χ1) is 6.57. The fourth-order valence-corrected chi connectivity index (χ4v) is 1.92. The summed E-state index contributed by atoms with van der Waals surface area (Å²) in [5.74, 6) is -0.627. The van der Waals surface area contributed by atoms with E-state index in [1.807, 2.05) is 0 Å². The largest absolute Gasteiger partial charge is 0.449 e. The molecule has 1 aliphatic carbocycles. The lowest BCUT2D eigenvalue weighted by Gasteiger charge is -2.05. The Morgan fingerprint density at radius 1 is 1.29 bits per heavy atom. The van der Waals surface area contributed by atoms with E-state index in [9.17, 15) is 13.2 Å². The lowest BCUT2D eigenvalue weighted by atomic mass is 10.1. The fourth-order valence-electron chi connectivity index (χ4n) is 1.92. The first-order valence-corrected chi connectivity index (χ1v) is 4.69. The number of hydrogen-bond acceptors (Lipinski definition) is 1. The van der Waals surface area contributed by atoms with Gasteiger partial charge in [0.1, 0.15) is 0 Å². The lowest BCUT2D eigenvalue weighted by Crippen LogP contribution is -2.07. The van der Waals surface area contributed by atoms with Crippen molar-refractivity contribution in [3.63, 3.8) is 0 Å². The number of nitrogens with zero attached hydrogens (tertiary/aromatic N) is 1. The van der Waals surface area contributed by atoms with Crippen molar-refractivity contribution in [2.24, 2.45) is 0 Å². The van der Waals surface area contributed by atoms with Gasteiger partial charge in [0.25, 0.3) is 0 Å². The van der Waals surface area contributed by atoms with Crippen LogP contribution in [0.1, 0.15) is 43.1 Å². The highest BCUT2D eigenvalue weighted by molar-refractivity contribution is 5.10. The predicted octanol–water partition coefficient (Wildman–Crippen LogP) is 3.09. The zero-order chi connectivity index (χ0) is 10.2. The third-order valence-electron chi connectivity index (χ3n) is 2.66. The van der Waals surface area contributed by atoms with Crippen LogP contribution in [0.2, 0.25) is 0 Å². The molecule has 1 aromatic heterocycles. The highest BCUT2D eigenvalue weighted by Crippen LogP contribution is 2.34. The minimum Gasteiger partial charge on any atom is -0.338 e. The molecule has 0 atom stereocenters. The molecule has 2 rings (SSSR count). The van der Waals surface area contributed by atoms with E-state index in [4.69, 9.17) is 0 Å². The van der Waals surface area contributed by atoms with Crippen LogP contribution in [0.5, 0.6) is 0 Å². The Labute approximate surface area is 79.5 Å². The second-order valence-corrected chi connectivity index (χ2v) is 3.67. The first-order valence-electron chi connectivity index (χ1n) is 4.69. The molecule has 0 aromatic carbocycles. The van der Waals surface area contributed by atoms with Crippen molar-refractivity contribution in [3.8, 4) is 0 Å². The molecule has 0 unspecified atom stereocenters. The minimum absolute atomic E-state index is 0.249. The standard InChI is InChI=1S/C9H11F3N2/c10-9(11,12)8-13-5-7(14-8)6-3-1-2-4-6/h5-6H,1-4H2,(H,13,14). The molecule has 1 N–H and O–H groups in total. The summed E-state index contributed by atoms with van der Waals surface area (Å²) in [6, 6.07) is 0. The number of hydrogen-bond donors (Lipinski definition) is 1. The molecule has 0 radical (unpaired) electrons. The van der Waals surface area contributed by atoms with Gasteiger partial charge in [0.2, 0.25) is 5.82 Å². The maximum atomic E-state index is 12.2. The third-order valence-corrected chi connectivity index (χ3v) is 2.66. The van der Waals surface area contributed by atoms with Crippen LogP contribution >= 0.6 is 0 Å². The molecular weight excluding hydrogens is 193 g/mol. The van der Waals surface area contributed by atoms with E-state index in [2.05, 4.69) is 9.97 Å². The maximum absolute atomic E-state index is 12.2. The van der Waals surface area contributed by atoms with Gasteiger partial charge < -0.3 is 4.98 Å². The van der Waals surface area contributed by atoms with Gasteiger partial charge in [-0.1, -0.05) is 12.8 Å². The van der Waals surface area contributed by atoms with Crippen molar-refractivity contribution in [2.45, 2.75) is 37.8 Å². The van der Waals surface area contributed by atoms with Crippen LogP contribution in [0.15, 0.2) is 6.20 Å². The highest BCUT2D eigenvalue weighted by Gasteiger charge is 2.35. The van der Waals surface area contributed by atoms with Crippen molar-refractivity contribution >= 4 is 0 Å². The van der Waals surface area contributed by atoms with Crippen LogP contribution in [-0.2, 0) is 6.18 Å². The Bertz CT molecular complexity index is 310. The van der Waals surface area contributed by atoms with Crippen molar-refractivity contribution in [1.29, 1.82) is 0 Å². The molecule has 1 fully saturated rings. The Morgan fingerprint density at radius 3 is 2.43 bits per heavy atom. The molecule has 0 spiro atoms. The Morgan fingerprint density at radius 2 is 1.93 bits per heavy atom. The molecule has 0 amide bonds. The van der Waals surface area contributed by atoms with Gasteiger partial charge in [0.05, 0.1) is 0 Å². The van der Waals surface area contributed by atoms with Gasteiger partial charge in [-0.15, -0.1) is 0 Å². The Hall–Kier alpha value is -1.00. The molecule has 2 nitrogen and oxygen atoms in total. The zero-order valence-electron chi connectivity index (χ0n) is 7.56. The topological polar surface area (TPSA) is 28.7 Å². The summed E-state index contributed by atoms with van der Waals surface area (Å²) in [4.78, 5) is 5.71. The van der Waals surface area contributed by atoms with E-state index in [0.717, 1.165) is 25.7 Å². The van der Waals surface area contributed by atoms with Crippen LogP contribution in [0.25, 0.3) is 0 Å². The van der Waals surface area contributed by atoms with Crippen LogP contribution in [0, 0.1) is 0 Å². The molecule has 1 aromatic rings. The Balaban J connectivity index is 2.17. The fraction of sp³-hybridized carbons (Fsp3) is 0.667. The van der Waals surface area contributed by atoms with Crippen LogP contribution in [-0.4, -0.2) is 9.97 Å². The molecule has 1 saturated carbocycles. The lowest BCUT2D eigenvalue weighted by molar-refractivity contribution is -0.144. The quantitative estimate of drug-likeness (QED) is 0.748. The number of nitrogens with one attached hydrogen (secondary N) is 1. The predicted molar refractivity (Wildman–Crippen MR) is 44.8 cm³/mol. The van der Waals surface area contributed by atoms with Gasteiger partial charge in [-0.3, -0.25) is 0 Å². The number of rotatable bonds is 1. The van der Waals surface area contributed by atoms with Crippen molar-refractivity contribution < 1.29 is 13.2 Å². The second kappa shape index (κ2) is 3.29. The number of aromatic nitrogens is 2. The van der Waals surface area contributed by atoms with E-state index in [1.165, 1.54) is 6.20 Å².